The van der Waals surface area contributed by atoms with Crippen molar-refractivity contribution in [2.24, 2.45) is 11.8 Å². The normalized spacial score (nSPS) is 15.2. The molecule has 0 aliphatic heterocycles. The molecule has 1 saturated carbocycles. The van der Waals surface area contributed by atoms with Gasteiger partial charge in [0.05, 0.1) is 12.5 Å². The summed E-state index contributed by atoms with van der Waals surface area (Å²) in [5.41, 5.74) is 1.42. The summed E-state index contributed by atoms with van der Waals surface area (Å²) in [4.78, 5) is 66.4. The van der Waals surface area contributed by atoms with Crippen LogP contribution >= 0.6 is 0 Å². The van der Waals surface area contributed by atoms with Crippen molar-refractivity contribution in [2.75, 3.05) is 52.3 Å². The van der Waals surface area contributed by atoms with Gasteiger partial charge in [0.25, 0.3) is 0 Å². The lowest BCUT2D eigenvalue weighted by Crippen LogP contribution is -2.36. The van der Waals surface area contributed by atoms with Crippen LogP contribution in [0.4, 0.5) is 5.69 Å². The standard InChI is InChI=1S/C30H45N3O6/c1-22(2)19-28(36)31(3)15-8-17-39-18-16-32(4)29(37)21-30(38)33(5)24-13-11-23(12-14-24)20-27(35)25-9-6-7-10-26(25)34/h11-14,22,25H,6-10,15-21H2,1-5H3. The van der Waals surface area contributed by atoms with Crippen LogP contribution in [0.3, 0.4) is 0 Å². The third-order valence-electron chi connectivity index (χ3n) is 7.11. The minimum atomic E-state index is -0.483. The van der Waals surface area contributed by atoms with E-state index in [0.717, 1.165) is 18.4 Å². The van der Waals surface area contributed by atoms with Crippen molar-refractivity contribution in [2.45, 2.75) is 65.2 Å². The molecule has 0 spiro atoms. The minimum absolute atomic E-state index is 0.0430. The summed E-state index contributed by atoms with van der Waals surface area (Å²) in [6.45, 7) is 5.86. The van der Waals surface area contributed by atoms with Gasteiger partial charge in [-0.25, -0.2) is 0 Å². The molecular formula is C30H45N3O6. The van der Waals surface area contributed by atoms with Gasteiger partial charge in [-0.3, -0.25) is 24.0 Å². The molecule has 1 fully saturated rings. The predicted octanol–water partition coefficient (Wildman–Crippen LogP) is 3.28. The van der Waals surface area contributed by atoms with Crippen molar-refractivity contribution in [1.29, 1.82) is 0 Å². The number of nitrogens with zero attached hydrogens (tertiary/aromatic N) is 3. The van der Waals surface area contributed by atoms with Crippen LogP contribution in [0.1, 0.15) is 64.4 Å². The van der Waals surface area contributed by atoms with Crippen LogP contribution in [-0.4, -0.2) is 86.5 Å². The summed E-state index contributed by atoms with van der Waals surface area (Å²) in [7, 11) is 5.05. The Morgan fingerprint density at radius 1 is 0.897 bits per heavy atom. The van der Waals surface area contributed by atoms with E-state index in [4.69, 9.17) is 4.74 Å². The zero-order chi connectivity index (χ0) is 28.9. The Balaban J connectivity index is 1.69. The first-order valence-electron chi connectivity index (χ1n) is 14.0. The topological polar surface area (TPSA) is 104 Å². The molecule has 0 heterocycles. The number of carbonyl (C=O) groups is 5. The molecule has 9 nitrogen and oxygen atoms in total. The Kier molecular flexibility index (Phi) is 13.3. The van der Waals surface area contributed by atoms with Crippen molar-refractivity contribution < 1.29 is 28.7 Å². The minimum Gasteiger partial charge on any atom is -0.380 e. The summed E-state index contributed by atoms with van der Waals surface area (Å²) in [6.07, 6.45) is 4.09. The number of amides is 3. The van der Waals surface area contributed by atoms with E-state index in [0.29, 0.717) is 63.6 Å². The molecular weight excluding hydrogens is 498 g/mol. The van der Waals surface area contributed by atoms with Gasteiger partial charge >= 0.3 is 0 Å². The highest BCUT2D eigenvalue weighted by molar-refractivity contribution is 6.05. The molecule has 1 aromatic carbocycles. The molecule has 3 amide bonds. The van der Waals surface area contributed by atoms with Gasteiger partial charge in [0.2, 0.25) is 17.7 Å². The zero-order valence-corrected chi connectivity index (χ0v) is 24.2. The molecule has 1 aromatic rings. The van der Waals surface area contributed by atoms with E-state index in [1.165, 1.54) is 9.80 Å². The maximum absolute atomic E-state index is 12.7. The van der Waals surface area contributed by atoms with E-state index in [1.54, 1.807) is 50.3 Å². The number of Topliss-reactive ketones (excluding diaryl/α,β-unsaturated/α-hetero) is 2. The summed E-state index contributed by atoms with van der Waals surface area (Å²) < 4.78 is 5.60. The number of anilines is 1. The maximum atomic E-state index is 12.7. The highest BCUT2D eigenvalue weighted by atomic mass is 16.5. The van der Waals surface area contributed by atoms with E-state index in [2.05, 4.69) is 0 Å². The second kappa shape index (κ2) is 16.1. The fraction of sp³-hybridized carbons (Fsp3) is 0.633. The zero-order valence-electron chi connectivity index (χ0n) is 24.2. The molecule has 1 aliphatic carbocycles. The summed E-state index contributed by atoms with van der Waals surface area (Å²) in [5, 5.41) is 0. The van der Waals surface area contributed by atoms with Gasteiger partial charge in [0.1, 0.15) is 18.0 Å². The number of ether oxygens (including phenoxy) is 1. The summed E-state index contributed by atoms with van der Waals surface area (Å²) in [5.74, 6) is -0.650. The molecule has 1 aliphatic rings. The van der Waals surface area contributed by atoms with Crippen LogP contribution in [0, 0.1) is 11.8 Å². The van der Waals surface area contributed by atoms with E-state index in [9.17, 15) is 24.0 Å². The SMILES string of the molecule is CC(C)CC(=O)N(C)CCCOCCN(C)C(=O)CC(=O)N(C)c1ccc(CC(=O)C2CCCCC2=O)cc1. The van der Waals surface area contributed by atoms with E-state index in [-0.39, 0.29) is 42.1 Å². The maximum Gasteiger partial charge on any atom is 0.236 e. The Morgan fingerprint density at radius 2 is 1.56 bits per heavy atom. The molecule has 0 radical (unpaired) electrons. The Hall–Kier alpha value is -3.07. The van der Waals surface area contributed by atoms with Crippen LogP contribution in [0.25, 0.3) is 0 Å². The lowest BCUT2D eigenvalue weighted by atomic mass is 9.83. The van der Waals surface area contributed by atoms with Gasteiger partial charge in [0, 0.05) is 65.8 Å². The number of benzene rings is 1. The number of hydrogen-bond donors (Lipinski definition) is 0. The van der Waals surface area contributed by atoms with Crippen LogP contribution in [0.15, 0.2) is 24.3 Å². The molecule has 1 unspecified atom stereocenters. The molecule has 39 heavy (non-hydrogen) atoms. The van der Waals surface area contributed by atoms with Crippen molar-refractivity contribution in [1.82, 2.24) is 9.80 Å². The first-order valence-corrected chi connectivity index (χ1v) is 14.0. The monoisotopic (exact) mass is 543 g/mol. The Bertz CT molecular complexity index is 991. The van der Waals surface area contributed by atoms with Crippen LogP contribution in [-0.2, 0) is 35.1 Å². The van der Waals surface area contributed by atoms with Crippen molar-refractivity contribution in [3.05, 3.63) is 29.8 Å². The largest absolute Gasteiger partial charge is 0.380 e. The van der Waals surface area contributed by atoms with Crippen LogP contribution < -0.4 is 4.90 Å². The number of rotatable bonds is 15. The first kappa shape index (κ1) is 32.1. The molecule has 2 rings (SSSR count). The smallest absolute Gasteiger partial charge is 0.236 e. The van der Waals surface area contributed by atoms with Crippen LogP contribution in [0.5, 0.6) is 0 Å². The third kappa shape index (κ3) is 10.9. The second-order valence-corrected chi connectivity index (χ2v) is 10.9. The van der Waals surface area contributed by atoms with Crippen molar-refractivity contribution in [3.63, 3.8) is 0 Å². The van der Waals surface area contributed by atoms with Crippen molar-refractivity contribution in [3.8, 4) is 0 Å². The average Bonchev–Trinajstić information content (AvgIpc) is 2.90. The molecule has 216 valence electrons. The van der Waals surface area contributed by atoms with E-state index in [1.807, 2.05) is 13.8 Å². The molecule has 0 N–H and O–H groups in total. The van der Waals surface area contributed by atoms with Gasteiger partial charge < -0.3 is 19.4 Å². The highest BCUT2D eigenvalue weighted by Gasteiger charge is 2.28. The Labute approximate surface area is 232 Å². The summed E-state index contributed by atoms with van der Waals surface area (Å²) >= 11 is 0. The lowest BCUT2D eigenvalue weighted by molar-refractivity contribution is -0.136. The van der Waals surface area contributed by atoms with Crippen LogP contribution in [0.2, 0.25) is 0 Å². The van der Waals surface area contributed by atoms with Gasteiger partial charge in [0.15, 0.2) is 0 Å². The number of ketones is 2. The summed E-state index contributed by atoms with van der Waals surface area (Å²) in [6, 6.07) is 7.07. The van der Waals surface area contributed by atoms with Crippen molar-refractivity contribution >= 4 is 35.0 Å². The van der Waals surface area contributed by atoms with Gasteiger partial charge in [-0.2, -0.15) is 0 Å². The molecule has 1 atom stereocenters. The highest BCUT2D eigenvalue weighted by Crippen LogP contribution is 2.23. The molecule has 9 heteroatoms. The number of hydrogen-bond acceptors (Lipinski definition) is 6. The van der Waals surface area contributed by atoms with Gasteiger partial charge in [-0.15, -0.1) is 0 Å². The lowest BCUT2D eigenvalue weighted by Gasteiger charge is -2.21. The van der Waals surface area contributed by atoms with Gasteiger partial charge in [-0.1, -0.05) is 32.4 Å². The fourth-order valence-corrected chi connectivity index (χ4v) is 4.47. The fourth-order valence-electron chi connectivity index (χ4n) is 4.47. The number of likely N-dealkylation sites (N-methyl/N-ethyl adjacent to an activating group) is 1. The third-order valence-corrected chi connectivity index (χ3v) is 7.11. The average molecular weight is 544 g/mol. The molecule has 0 bridgehead atoms. The van der Waals surface area contributed by atoms with E-state index >= 15 is 0 Å². The molecule has 0 aromatic heterocycles. The number of carbonyl (C=O) groups excluding carboxylic acids is 5. The predicted molar refractivity (Wildman–Crippen MR) is 150 cm³/mol. The molecule has 0 saturated heterocycles. The second-order valence-electron chi connectivity index (χ2n) is 10.9. The quantitative estimate of drug-likeness (QED) is 0.248. The van der Waals surface area contributed by atoms with E-state index < -0.39 is 5.92 Å². The first-order chi connectivity index (χ1) is 18.5. The Morgan fingerprint density at radius 3 is 2.21 bits per heavy atom. The van der Waals surface area contributed by atoms with Gasteiger partial charge in [-0.05, 0) is 42.9 Å².